The Kier molecular flexibility index (Phi) is 4.62. The van der Waals surface area contributed by atoms with Crippen molar-refractivity contribution >= 4 is 29.2 Å². The first-order chi connectivity index (χ1) is 12.6. The molecule has 2 atom stereocenters. The fourth-order valence-corrected chi connectivity index (χ4v) is 3.59. The zero-order valence-electron chi connectivity index (χ0n) is 15.1. The first kappa shape index (κ1) is 17.3. The molecule has 3 heterocycles. The standard InChI is InChI=1S/C17H23N7OS/c1-13-20-22(2)17(26)19-16-18-15(23-8-10-25-11-9-23)21-24(13,16)12-14-6-4-3-5-7-14/h3-7,13,20H,8-12H2,1-2H3/p+1. The Morgan fingerprint density at radius 3 is 2.69 bits per heavy atom. The number of benzene rings is 1. The lowest BCUT2D eigenvalue weighted by atomic mass is 10.2. The molecule has 0 aromatic heterocycles. The van der Waals surface area contributed by atoms with Crippen LogP contribution in [-0.4, -0.2) is 71.0 Å². The van der Waals surface area contributed by atoms with Crippen molar-refractivity contribution in [1.29, 1.82) is 0 Å². The number of nitrogens with zero attached hydrogens (tertiary/aromatic N) is 5. The fourth-order valence-electron chi connectivity index (χ4n) is 3.45. The number of guanidine groups is 2. The first-order valence-electron chi connectivity index (χ1n) is 8.83. The summed E-state index contributed by atoms with van der Waals surface area (Å²) < 4.78 is 5.85. The number of rotatable bonds is 2. The van der Waals surface area contributed by atoms with Crippen LogP contribution in [0.1, 0.15) is 12.5 Å². The molecule has 1 aromatic carbocycles. The van der Waals surface area contributed by atoms with Crippen molar-refractivity contribution in [3.8, 4) is 0 Å². The van der Waals surface area contributed by atoms with Gasteiger partial charge in [0.25, 0.3) is 5.96 Å². The molecule has 0 amide bonds. The van der Waals surface area contributed by atoms with Crippen LogP contribution in [0.5, 0.6) is 0 Å². The lowest BCUT2D eigenvalue weighted by molar-refractivity contribution is -0.914. The molecular formula is C17H24N7OS+. The van der Waals surface area contributed by atoms with E-state index in [2.05, 4.69) is 51.9 Å². The lowest BCUT2D eigenvalue weighted by Gasteiger charge is -2.38. The third-order valence-corrected chi connectivity index (χ3v) is 5.34. The largest absolute Gasteiger partial charge is 0.378 e. The van der Waals surface area contributed by atoms with Gasteiger partial charge in [-0.25, -0.2) is 0 Å². The molecule has 26 heavy (non-hydrogen) atoms. The maximum Gasteiger partial charge on any atom is 0.361 e. The van der Waals surface area contributed by atoms with Gasteiger partial charge in [-0.2, -0.15) is 10.9 Å². The predicted molar refractivity (Wildman–Crippen MR) is 104 cm³/mol. The van der Waals surface area contributed by atoms with Crippen molar-refractivity contribution in [1.82, 2.24) is 20.8 Å². The number of ether oxygens (including phenoxy) is 1. The van der Waals surface area contributed by atoms with Crippen LogP contribution < -0.4 is 10.9 Å². The van der Waals surface area contributed by atoms with Gasteiger partial charge < -0.3 is 9.64 Å². The summed E-state index contributed by atoms with van der Waals surface area (Å²) in [6.07, 6.45) is -0.0123. The van der Waals surface area contributed by atoms with Crippen LogP contribution >= 0.6 is 12.2 Å². The molecule has 1 fully saturated rings. The highest BCUT2D eigenvalue weighted by Crippen LogP contribution is 2.25. The van der Waals surface area contributed by atoms with Crippen molar-refractivity contribution in [3.05, 3.63) is 35.9 Å². The van der Waals surface area contributed by atoms with Crippen LogP contribution in [0.4, 0.5) is 0 Å². The van der Waals surface area contributed by atoms with Crippen molar-refractivity contribution in [2.75, 3.05) is 33.4 Å². The van der Waals surface area contributed by atoms with Gasteiger partial charge in [0.05, 0.1) is 13.2 Å². The molecule has 9 heteroatoms. The molecule has 3 aliphatic heterocycles. The zero-order valence-corrected chi connectivity index (χ0v) is 15.9. The molecule has 0 radical (unpaired) electrons. The van der Waals surface area contributed by atoms with Crippen LogP contribution in [0.15, 0.2) is 40.3 Å². The number of thiocarbonyl (C=S) groups is 1. The van der Waals surface area contributed by atoms with E-state index in [4.69, 9.17) is 21.9 Å². The van der Waals surface area contributed by atoms with Gasteiger partial charge in [-0.05, 0) is 12.2 Å². The van der Waals surface area contributed by atoms with Gasteiger partial charge in [0, 0.05) is 32.6 Å². The number of aliphatic imine (C=N–C) groups is 2. The number of hydrogen-bond donors (Lipinski definition) is 2. The first-order valence-corrected chi connectivity index (χ1v) is 9.24. The fraction of sp³-hybridized carbons (Fsp3) is 0.471. The predicted octanol–water partition coefficient (Wildman–Crippen LogP) is 0.647. The summed E-state index contributed by atoms with van der Waals surface area (Å²) in [5.41, 5.74) is 8.26. The maximum atomic E-state index is 5.47. The Labute approximate surface area is 158 Å². The van der Waals surface area contributed by atoms with Crippen molar-refractivity contribution in [3.63, 3.8) is 0 Å². The van der Waals surface area contributed by atoms with Crippen molar-refractivity contribution in [2.24, 2.45) is 9.98 Å². The van der Waals surface area contributed by atoms with E-state index in [-0.39, 0.29) is 6.17 Å². The molecule has 1 aromatic rings. The van der Waals surface area contributed by atoms with Crippen LogP contribution in [0.3, 0.4) is 0 Å². The molecule has 0 bridgehead atoms. The monoisotopic (exact) mass is 374 g/mol. The van der Waals surface area contributed by atoms with Gasteiger partial charge in [0.2, 0.25) is 5.11 Å². The normalized spacial score (nSPS) is 28.8. The van der Waals surface area contributed by atoms with E-state index in [1.807, 2.05) is 13.1 Å². The summed E-state index contributed by atoms with van der Waals surface area (Å²) in [7, 11) is 1.89. The number of fused-ring (bicyclic) bond motifs is 1. The summed E-state index contributed by atoms with van der Waals surface area (Å²) in [5.74, 6) is 1.52. The van der Waals surface area contributed by atoms with Gasteiger partial charge in [-0.1, -0.05) is 30.3 Å². The number of morpholine rings is 1. The average Bonchev–Trinajstić information content (AvgIpc) is 2.99. The van der Waals surface area contributed by atoms with Gasteiger partial charge in [-0.15, -0.1) is 14.6 Å². The van der Waals surface area contributed by atoms with Crippen molar-refractivity contribution in [2.45, 2.75) is 19.6 Å². The maximum absolute atomic E-state index is 5.47. The van der Waals surface area contributed by atoms with E-state index >= 15 is 0 Å². The Bertz CT molecular complexity index is 747. The minimum atomic E-state index is -0.0123. The number of nitrogens with one attached hydrogen (secondary N) is 2. The third-order valence-electron chi connectivity index (χ3n) is 4.97. The second-order valence-electron chi connectivity index (χ2n) is 6.72. The highest BCUT2D eigenvalue weighted by molar-refractivity contribution is 7.80. The van der Waals surface area contributed by atoms with Gasteiger partial charge in [0.15, 0.2) is 6.17 Å². The molecule has 4 rings (SSSR count). The molecule has 2 unspecified atom stereocenters. The van der Waals surface area contributed by atoms with Gasteiger partial charge in [0.1, 0.15) is 6.54 Å². The molecule has 2 N–H and O–H groups in total. The molecule has 0 spiro atoms. The number of hydrogen-bond acceptors (Lipinski definition) is 6. The van der Waals surface area contributed by atoms with E-state index in [9.17, 15) is 0 Å². The van der Waals surface area contributed by atoms with E-state index in [0.717, 1.165) is 19.0 Å². The summed E-state index contributed by atoms with van der Waals surface area (Å²) in [6, 6.07) is 10.4. The van der Waals surface area contributed by atoms with Crippen LogP contribution in [-0.2, 0) is 11.3 Å². The Hall–Kier alpha value is -2.07. The van der Waals surface area contributed by atoms with Crippen LogP contribution in [0.25, 0.3) is 0 Å². The summed E-state index contributed by atoms with van der Waals surface area (Å²) in [5, 5.41) is 2.26. The summed E-state index contributed by atoms with van der Waals surface area (Å²) in [4.78, 5) is 11.7. The second kappa shape index (κ2) is 6.92. The molecule has 0 aliphatic carbocycles. The van der Waals surface area contributed by atoms with Crippen LogP contribution in [0.2, 0.25) is 0 Å². The van der Waals surface area contributed by atoms with E-state index < -0.39 is 0 Å². The molecule has 1 saturated heterocycles. The van der Waals surface area contributed by atoms with Gasteiger partial charge in [-0.3, -0.25) is 5.01 Å². The Morgan fingerprint density at radius 2 is 1.96 bits per heavy atom. The molecular weight excluding hydrogens is 350 g/mol. The highest BCUT2D eigenvalue weighted by Gasteiger charge is 2.50. The van der Waals surface area contributed by atoms with E-state index in [0.29, 0.717) is 35.4 Å². The second-order valence-corrected chi connectivity index (χ2v) is 7.08. The molecule has 138 valence electrons. The Morgan fingerprint density at radius 1 is 1.23 bits per heavy atom. The smallest absolute Gasteiger partial charge is 0.361 e. The molecule has 3 aliphatic rings. The molecule has 8 nitrogen and oxygen atoms in total. The minimum absolute atomic E-state index is 0.0123. The SMILES string of the molecule is CC1NN(C)C(=S)N=C2N=C(N3CCOCC3)N[N+]21Cc1ccccc1. The topological polar surface area (TPSA) is 64.5 Å². The summed E-state index contributed by atoms with van der Waals surface area (Å²) >= 11 is 5.44. The lowest BCUT2D eigenvalue weighted by Crippen LogP contribution is -2.68. The number of quaternary nitrogens is 1. The third kappa shape index (κ3) is 3.07. The highest BCUT2D eigenvalue weighted by atomic mass is 32.1. The Balaban J connectivity index is 1.72. The quantitative estimate of drug-likeness (QED) is 0.585. The summed E-state index contributed by atoms with van der Waals surface area (Å²) in [6.45, 7) is 5.88. The van der Waals surface area contributed by atoms with E-state index in [1.165, 1.54) is 5.56 Å². The van der Waals surface area contributed by atoms with Gasteiger partial charge >= 0.3 is 5.96 Å². The van der Waals surface area contributed by atoms with E-state index in [1.54, 1.807) is 5.01 Å². The minimum Gasteiger partial charge on any atom is -0.378 e. The van der Waals surface area contributed by atoms with Crippen molar-refractivity contribution < 1.29 is 9.33 Å². The zero-order chi connectivity index (χ0) is 18.1. The molecule has 0 saturated carbocycles. The number of hydrazine groups is 1. The average molecular weight is 374 g/mol. The van der Waals surface area contributed by atoms with Crippen LogP contribution in [0, 0.1) is 0 Å².